The Morgan fingerprint density at radius 1 is 1.06 bits per heavy atom. The number of hydrogen-bond donors (Lipinski definition) is 1. The van der Waals surface area contributed by atoms with Gasteiger partial charge in [-0.1, -0.05) is 25.7 Å². The molecule has 4 heteroatoms. The Balaban J connectivity index is 2.64. The minimum atomic E-state index is -0.280. The fourth-order valence-electron chi connectivity index (χ4n) is 2.77. The van der Waals surface area contributed by atoms with Crippen molar-refractivity contribution >= 4 is 5.91 Å². The van der Waals surface area contributed by atoms with Crippen molar-refractivity contribution < 1.29 is 4.79 Å². The van der Waals surface area contributed by atoms with E-state index in [0.717, 1.165) is 38.8 Å². The van der Waals surface area contributed by atoms with Crippen LogP contribution in [0.25, 0.3) is 0 Å². The lowest BCUT2D eigenvalue weighted by Crippen LogP contribution is -2.48. The predicted molar refractivity (Wildman–Crippen MR) is 75.4 cm³/mol. The number of nitrogens with zero attached hydrogens (tertiary/aromatic N) is 2. The highest BCUT2D eigenvalue weighted by atomic mass is 16.2. The lowest BCUT2D eigenvalue weighted by atomic mass is 9.79. The molecule has 2 N–H and O–H groups in total. The van der Waals surface area contributed by atoms with Crippen LogP contribution in [0.5, 0.6) is 0 Å². The molecule has 1 amide bonds. The van der Waals surface area contributed by atoms with Crippen molar-refractivity contribution in [2.24, 2.45) is 11.1 Å². The molecule has 0 heterocycles. The molecule has 0 bridgehead atoms. The van der Waals surface area contributed by atoms with Crippen molar-refractivity contribution in [2.75, 3.05) is 40.8 Å². The Morgan fingerprint density at radius 2 is 1.61 bits per heavy atom. The molecule has 1 aliphatic carbocycles. The minimum absolute atomic E-state index is 0.258. The molecule has 0 radical (unpaired) electrons. The summed E-state index contributed by atoms with van der Waals surface area (Å²) in [5, 5.41) is 0. The average molecular weight is 255 g/mol. The van der Waals surface area contributed by atoms with Gasteiger partial charge in [-0.2, -0.15) is 0 Å². The third-order valence-electron chi connectivity index (χ3n) is 4.13. The summed E-state index contributed by atoms with van der Waals surface area (Å²) >= 11 is 0. The van der Waals surface area contributed by atoms with Crippen molar-refractivity contribution in [1.29, 1.82) is 0 Å². The summed E-state index contributed by atoms with van der Waals surface area (Å²) in [5.74, 6) is 0.258. The van der Waals surface area contributed by atoms with Gasteiger partial charge < -0.3 is 15.5 Å². The van der Waals surface area contributed by atoms with Gasteiger partial charge in [0.15, 0.2) is 0 Å². The Bertz CT molecular complexity index is 258. The summed E-state index contributed by atoms with van der Waals surface area (Å²) in [5.41, 5.74) is 5.66. The van der Waals surface area contributed by atoms with Crippen LogP contribution in [0.1, 0.15) is 38.5 Å². The lowest BCUT2D eigenvalue weighted by Gasteiger charge is -2.34. The third-order valence-corrected chi connectivity index (χ3v) is 4.13. The van der Waals surface area contributed by atoms with E-state index < -0.39 is 0 Å². The first kappa shape index (κ1) is 15.4. The molecule has 1 rings (SSSR count). The van der Waals surface area contributed by atoms with Crippen LogP contribution in [0.3, 0.4) is 0 Å². The van der Waals surface area contributed by atoms with Gasteiger partial charge in [0.1, 0.15) is 0 Å². The normalized spacial score (nSPS) is 19.6. The van der Waals surface area contributed by atoms with Crippen LogP contribution in [0, 0.1) is 5.41 Å². The maximum absolute atomic E-state index is 12.6. The summed E-state index contributed by atoms with van der Waals surface area (Å²) in [6, 6.07) is 0. The van der Waals surface area contributed by atoms with E-state index >= 15 is 0 Å². The van der Waals surface area contributed by atoms with Gasteiger partial charge >= 0.3 is 0 Å². The maximum Gasteiger partial charge on any atom is 0.229 e. The zero-order valence-corrected chi connectivity index (χ0v) is 12.2. The second kappa shape index (κ2) is 7.10. The Kier molecular flexibility index (Phi) is 6.09. The number of rotatable bonds is 5. The van der Waals surface area contributed by atoms with Gasteiger partial charge in [0.25, 0.3) is 0 Å². The molecule has 18 heavy (non-hydrogen) atoms. The van der Waals surface area contributed by atoms with Crippen molar-refractivity contribution in [2.45, 2.75) is 38.5 Å². The fourth-order valence-corrected chi connectivity index (χ4v) is 2.77. The van der Waals surface area contributed by atoms with Gasteiger partial charge in [0.05, 0.1) is 5.41 Å². The molecule has 1 aliphatic rings. The summed E-state index contributed by atoms with van der Waals surface area (Å²) in [7, 11) is 5.97. The summed E-state index contributed by atoms with van der Waals surface area (Å²) in [6.45, 7) is 2.19. The van der Waals surface area contributed by atoms with Gasteiger partial charge in [-0.05, 0) is 26.9 Å². The van der Waals surface area contributed by atoms with Crippen LogP contribution in [0.15, 0.2) is 0 Å². The zero-order valence-electron chi connectivity index (χ0n) is 12.2. The Labute approximate surface area is 111 Å². The van der Waals surface area contributed by atoms with E-state index in [4.69, 9.17) is 5.73 Å². The molecule has 0 saturated heterocycles. The number of nitrogens with two attached hydrogens (primary N) is 1. The van der Waals surface area contributed by atoms with Crippen LogP contribution in [0.4, 0.5) is 0 Å². The summed E-state index contributed by atoms with van der Waals surface area (Å²) < 4.78 is 0. The highest BCUT2D eigenvalue weighted by Gasteiger charge is 2.38. The number of hydrogen-bond acceptors (Lipinski definition) is 3. The standard InChI is InChI=1S/C14H29N3O/c1-16(2)10-11-17(3)13(18)14(12-15)8-6-4-5-7-9-14/h4-12,15H2,1-3H3. The molecule has 0 atom stereocenters. The molecule has 0 aromatic rings. The van der Waals surface area contributed by atoms with Crippen LogP contribution < -0.4 is 5.73 Å². The molecule has 0 spiro atoms. The largest absolute Gasteiger partial charge is 0.344 e. The quantitative estimate of drug-likeness (QED) is 0.754. The second-order valence-corrected chi connectivity index (χ2v) is 5.93. The van der Waals surface area contributed by atoms with E-state index in [9.17, 15) is 4.79 Å². The summed E-state index contributed by atoms with van der Waals surface area (Å²) in [6.07, 6.45) is 6.71. The van der Waals surface area contributed by atoms with Gasteiger partial charge in [-0.15, -0.1) is 0 Å². The van der Waals surface area contributed by atoms with E-state index in [-0.39, 0.29) is 11.3 Å². The van der Waals surface area contributed by atoms with Gasteiger partial charge in [0.2, 0.25) is 5.91 Å². The number of carbonyl (C=O) groups is 1. The van der Waals surface area contributed by atoms with Crippen LogP contribution in [-0.2, 0) is 4.79 Å². The molecule has 0 aromatic heterocycles. The number of likely N-dealkylation sites (N-methyl/N-ethyl adjacent to an activating group) is 2. The average Bonchev–Trinajstić information content (AvgIpc) is 2.61. The number of amides is 1. The molecular weight excluding hydrogens is 226 g/mol. The van der Waals surface area contributed by atoms with E-state index in [1.165, 1.54) is 12.8 Å². The van der Waals surface area contributed by atoms with E-state index in [0.29, 0.717) is 6.54 Å². The first-order chi connectivity index (χ1) is 8.52. The molecule has 0 aliphatic heterocycles. The van der Waals surface area contributed by atoms with Gasteiger partial charge in [0, 0.05) is 26.7 Å². The lowest BCUT2D eigenvalue weighted by molar-refractivity contribution is -0.141. The maximum atomic E-state index is 12.6. The van der Waals surface area contributed by atoms with Crippen molar-refractivity contribution in [3.63, 3.8) is 0 Å². The fraction of sp³-hybridized carbons (Fsp3) is 0.929. The van der Waals surface area contributed by atoms with E-state index in [1.54, 1.807) is 0 Å². The predicted octanol–water partition coefficient (Wildman–Crippen LogP) is 1.31. The molecule has 1 fully saturated rings. The molecule has 106 valence electrons. The highest BCUT2D eigenvalue weighted by Crippen LogP contribution is 2.35. The topological polar surface area (TPSA) is 49.6 Å². The first-order valence-corrected chi connectivity index (χ1v) is 7.12. The second-order valence-electron chi connectivity index (χ2n) is 5.93. The van der Waals surface area contributed by atoms with Gasteiger partial charge in [-0.3, -0.25) is 4.79 Å². The first-order valence-electron chi connectivity index (χ1n) is 7.12. The summed E-state index contributed by atoms with van der Waals surface area (Å²) in [4.78, 5) is 16.6. The molecule has 1 saturated carbocycles. The number of carbonyl (C=O) groups excluding carboxylic acids is 1. The minimum Gasteiger partial charge on any atom is -0.344 e. The Hall–Kier alpha value is -0.610. The van der Waals surface area contributed by atoms with Crippen molar-refractivity contribution in [1.82, 2.24) is 9.80 Å². The molecule has 0 unspecified atom stereocenters. The van der Waals surface area contributed by atoms with Crippen LogP contribution >= 0.6 is 0 Å². The van der Waals surface area contributed by atoms with Crippen LogP contribution in [0.2, 0.25) is 0 Å². The molecule has 4 nitrogen and oxygen atoms in total. The van der Waals surface area contributed by atoms with E-state index in [2.05, 4.69) is 4.90 Å². The van der Waals surface area contributed by atoms with Crippen molar-refractivity contribution in [3.8, 4) is 0 Å². The van der Waals surface area contributed by atoms with Crippen molar-refractivity contribution in [3.05, 3.63) is 0 Å². The van der Waals surface area contributed by atoms with E-state index in [1.807, 2.05) is 26.0 Å². The van der Waals surface area contributed by atoms with Gasteiger partial charge in [-0.25, -0.2) is 0 Å². The highest BCUT2D eigenvalue weighted by molar-refractivity contribution is 5.82. The third kappa shape index (κ3) is 3.95. The molecule has 0 aromatic carbocycles. The SMILES string of the molecule is CN(C)CCN(C)C(=O)C1(CN)CCCCCC1. The monoisotopic (exact) mass is 255 g/mol. The molecular formula is C14H29N3O. The zero-order chi connectivity index (χ0) is 13.6. The Morgan fingerprint density at radius 3 is 2.06 bits per heavy atom. The smallest absolute Gasteiger partial charge is 0.229 e. The van der Waals surface area contributed by atoms with Crippen LogP contribution in [-0.4, -0.2) is 56.5 Å².